The van der Waals surface area contributed by atoms with E-state index < -0.39 is 77.8 Å². The highest BCUT2D eigenvalue weighted by Crippen LogP contribution is 2.34. The van der Waals surface area contributed by atoms with Gasteiger partial charge in [-0.3, -0.25) is 28.8 Å². The first-order chi connectivity index (χ1) is 26.5. The fourth-order valence-corrected chi connectivity index (χ4v) is 6.75. The summed E-state index contributed by atoms with van der Waals surface area (Å²) < 4.78 is 11.2. The predicted molar refractivity (Wildman–Crippen MR) is 202 cm³/mol. The molecule has 16 nitrogen and oxygen atoms in total. The lowest BCUT2D eigenvalue weighted by molar-refractivity contribution is -0.153. The number of fused-ring (bicyclic) bond motifs is 2. The Balaban J connectivity index is 1.60. The maximum atomic E-state index is 14.6. The number of rotatable bonds is 3. The fraction of sp³-hybridized carbons (Fsp3) is 0.400. The van der Waals surface area contributed by atoms with Gasteiger partial charge >= 0.3 is 0 Å². The average Bonchev–Trinajstić information content (AvgIpc) is 3.18. The Labute approximate surface area is 324 Å². The lowest BCUT2D eigenvalue weighted by atomic mass is 9.96. The standard InChI is InChI=1S/C40H48N6O10/c1-21-35(49)42-22(2)38(52)44(4)29(18-24-8-13-27(55-7)14-9-24)37(51)43-23(3)39(53)46(6)33-34(48)26-11-15-28(16-12-26)56-32-20-25(10-17-31(32)47)19-30(36(50)41-21)45(5)40(33)54/h8-17,20-23,29-30,33-34,47-48H,18-19H2,1-7H3,(H,41,50)(H,42,49)(H,43,51)/t21-,22-,23+,29-,30+,33+,34?/m0/s1. The van der Waals surface area contributed by atoms with E-state index in [9.17, 15) is 39.0 Å². The molecule has 3 aromatic rings. The molecule has 3 aromatic carbocycles. The van der Waals surface area contributed by atoms with Gasteiger partial charge in [-0.25, -0.2) is 0 Å². The van der Waals surface area contributed by atoms with Crippen molar-refractivity contribution in [3.8, 4) is 23.0 Å². The number of phenolic OH excluding ortho intramolecular Hbond substituents is 1. The van der Waals surface area contributed by atoms with Crippen LogP contribution in [0.15, 0.2) is 66.7 Å². The summed E-state index contributed by atoms with van der Waals surface area (Å²) in [6.07, 6.45) is -1.76. The maximum Gasteiger partial charge on any atom is 0.248 e. The van der Waals surface area contributed by atoms with Gasteiger partial charge in [0.25, 0.3) is 0 Å². The van der Waals surface area contributed by atoms with Gasteiger partial charge in [-0.2, -0.15) is 0 Å². The van der Waals surface area contributed by atoms with Gasteiger partial charge < -0.3 is 50.3 Å². The molecule has 56 heavy (non-hydrogen) atoms. The van der Waals surface area contributed by atoms with Crippen molar-refractivity contribution in [3.05, 3.63) is 83.4 Å². The summed E-state index contributed by atoms with van der Waals surface area (Å²) in [5.74, 6) is -3.58. The number of nitrogens with zero attached hydrogens (tertiary/aromatic N) is 3. The van der Waals surface area contributed by atoms with Gasteiger partial charge in [0.2, 0.25) is 35.4 Å². The SMILES string of the molecule is COc1ccc(C[C@H]2C(=O)N[C@H](C)C(=O)N(C)[C@H]3C(=O)N(C)[C@H](Cc4ccc(O)c(c4)Oc4ccc(cc4)C3O)C(=O)N[C@@H](C)C(=O)N[C@@H](C)C(=O)N2C)cc1. The van der Waals surface area contributed by atoms with Crippen molar-refractivity contribution < 1.29 is 48.5 Å². The zero-order valence-corrected chi connectivity index (χ0v) is 32.3. The van der Waals surface area contributed by atoms with Crippen molar-refractivity contribution in [2.45, 2.75) is 76.0 Å². The number of aliphatic hydroxyl groups is 1. The van der Waals surface area contributed by atoms with Gasteiger partial charge in [-0.05, 0) is 73.9 Å². The largest absolute Gasteiger partial charge is 0.504 e. The van der Waals surface area contributed by atoms with Crippen molar-refractivity contribution in [2.24, 2.45) is 0 Å². The Kier molecular flexibility index (Phi) is 12.5. The zero-order chi connectivity index (χ0) is 41.0. The van der Waals surface area contributed by atoms with Crippen LogP contribution in [0.1, 0.15) is 43.6 Å². The number of ether oxygens (including phenoxy) is 2. The highest BCUT2D eigenvalue weighted by Gasteiger charge is 2.42. The molecule has 6 amide bonds. The summed E-state index contributed by atoms with van der Waals surface area (Å²) in [6, 6.07) is 9.63. The number of hydrogen-bond donors (Lipinski definition) is 5. The minimum atomic E-state index is -1.64. The molecular formula is C40H48N6O10. The molecule has 3 aliphatic rings. The number of carbonyl (C=O) groups excluding carboxylic acids is 6. The summed E-state index contributed by atoms with van der Waals surface area (Å²) in [5, 5.41) is 30.3. The van der Waals surface area contributed by atoms with Gasteiger partial charge in [0.1, 0.15) is 53.9 Å². The van der Waals surface area contributed by atoms with Crippen LogP contribution in [0.5, 0.6) is 23.0 Å². The van der Waals surface area contributed by atoms with Gasteiger partial charge in [0.15, 0.2) is 11.5 Å². The van der Waals surface area contributed by atoms with Crippen LogP contribution in [0.3, 0.4) is 0 Å². The predicted octanol–water partition coefficient (Wildman–Crippen LogP) is 1.03. The molecule has 16 heteroatoms. The molecule has 5 N–H and O–H groups in total. The summed E-state index contributed by atoms with van der Waals surface area (Å²) in [6.45, 7) is 4.27. The molecule has 0 aliphatic carbocycles. The zero-order valence-electron chi connectivity index (χ0n) is 32.3. The summed E-state index contributed by atoms with van der Waals surface area (Å²) in [4.78, 5) is 87.5. The summed E-state index contributed by atoms with van der Waals surface area (Å²) in [7, 11) is 5.57. The van der Waals surface area contributed by atoms with Crippen molar-refractivity contribution >= 4 is 35.4 Å². The number of amides is 6. The molecule has 6 rings (SSSR count). The first kappa shape index (κ1) is 41.0. The van der Waals surface area contributed by atoms with Gasteiger partial charge in [-0.1, -0.05) is 30.3 Å². The third-order valence-corrected chi connectivity index (χ3v) is 10.3. The van der Waals surface area contributed by atoms with E-state index in [0.717, 1.165) is 9.80 Å². The minimum Gasteiger partial charge on any atom is -0.504 e. The number of likely N-dealkylation sites (N-methyl/N-ethyl adjacent to an activating group) is 3. The molecule has 1 saturated heterocycles. The van der Waals surface area contributed by atoms with Crippen LogP contribution in [0.25, 0.3) is 0 Å². The Morgan fingerprint density at radius 2 is 1.30 bits per heavy atom. The number of methoxy groups -OCH3 is 1. The molecule has 0 saturated carbocycles. The van der Waals surface area contributed by atoms with E-state index in [0.29, 0.717) is 22.6 Å². The number of aromatic hydroxyl groups is 1. The topological polar surface area (TPSA) is 207 Å². The second kappa shape index (κ2) is 17.1. The second-order valence-corrected chi connectivity index (χ2v) is 14.2. The number of benzene rings is 3. The van der Waals surface area contributed by atoms with E-state index >= 15 is 0 Å². The Hall–Kier alpha value is -6.16. The highest BCUT2D eigenvalue weighted by molar-refractivity contribution is 5.98. The molecule has 298 valence electrons. The maximum absolute atomic E-state index is 14.6. The van der Waals surface area contributed by atoms with E-state index in [2.05, 4.69) is 16.0 Å². The molecule has 3 heterocycles. The molecule has 1 unspecified atom stereocenters. The Bertz CT molecular complexity index is 1970. The van der Waals surface area contributed by atoms with Crippen LogP contribution in [-0.4, -0.2) is 125 Å². The molecule has 3 aliphatic heterocycles. The highest BCUT2D eigenvalue weighted by atomic mass is 16.5. The van der Waals surface area contributed by atoms with E-state index in [-0.39, 0.29) is 29.9 Å². The number of carbonyl (C=O) groups is 6. The van der Waals surface area contributed by atoms with Gasteiger partial charge in [0.05, 0.1) is 7.11 Å². The van der Waals surface area contributed by atoms with Crippen LogP contribution in [0.2, 0.25) is 0 Å². The quantitative estimate of drug-likeness (QED) is 0.256. The lowest BCUT2D eigenvalue weighted by Gasteiger charge is -2.38. The van der Waals surface area contributed by atoms with Crippen LogP contribution in [0.4, 0.5) is 0 Å². The molecular weight excluding hydrogens is 724 g/mol. The monoisotopic (exact) mass is 772 g/mol. The van der Waals surface area contributed by atoms with Gasteiger partial charge in [0, 0.05) is 34.0 Å². The number of nitrogens with one attached hydrogen (secondary N) is 3. The molecule has 1 fully saturated rings. The van der Waals surface area contributed by atoms with Crippen molar-refractivity contribution in [1.82, 2.24) is 30.7 Å². The fourth-order valence-electron chi connectivity index (χ4n) is 6.75. The van der Waals surface area contributed by atoms with Gasteiger partial charge in [-0.15, -0.1) is 0 Å². The normalized spacial score (nSPS) is 25.7. The third kappa shape index (κ3) is 8.86. The molecule has 7 atom stereocenters. The van der Waals surface area contributed by atoms with Crippen molar-refractivity contribution in [3.63, 3.8) is 0 Å². The lowest BCUT2D eigenvalue weighted by Crippen LogP contribution is -2.62. The van der Waals surface area contributed by atoms with Crippen LogP contribution in [0, 0.1) is 0 Å². The van der Waals surface area contributed by atoms with E-state index in [1.165, 1.54) is 90.3 Å². The van der Waals surface area contributed by atoms with E-state index in [4.69, 9.17) is 9.47 Å². The van der Waals surface area contributed by atoms with Crippen LogP contribution in [-0.2, 0) is 41.6 Å². The Morgan fingerprint density at radius 3 is 1.93 bits per heavy atom. The number of hydrogen-bond acceptors (Lipinski definition) is 10. The number of phenols is 1. The molecule has 6 bridgehead atoms. The summed E-state index contributed by atoms with van der Waals surface area (Å²) >= 11 is 0. The smallest absolute Gasteiger partial charge is 0.248 e. The minimum absolute atomic E-state index is 0.0240. The third-order valence-electron chi connectivity index (χ3n) is 10.3. The van der Waals surface area contributed by atoms with E-state index in [1.807, 2.05) is 0 Å². The summed E-state index contributed by atoms with van der Waals surface area (Å²) in [5.41, 5.74) is 1.36. The van der Waals surface area contributed by atoms with Crippen molar-refractivity contribution in [2.75, 3.05) is 28.3 Å². The molecule has 0 spiro atoms. The Morgan fingerprint density at radius 1 is 0.714 bits per heavy atom. The number of aliphatic hydroxyl groups excluding tert-OH is 1. The molecule has 0 radical (unpaired) electrons. The second-order valence-electron chi connectivity index (χ2n) is 14.2. The first-order valence-corrected chi connectivity index (χ1v) is 18.1. The van der Waals surface area contributed by atoms with Crippen molar-refractivity contribution in [1.29, 1.82) is 0 Å². The van der Waals surface area contributed by atoms with Crippen LogP contribution < -0.4 is 25.4 Å². The van der Waals surface area contributed by atoms with Crippen LogP contribution >= 0.6 is 0 Å². The average molecular weight is 773 g/mol. The van der Waals surface area contributed by atoms with E-state index in [1.54, 1.807) is 30.3 Å². The first-order valence-electron chi connectivity index (χ1n) is 18.1. The molecule has 0 aromatic heterocycles.